The van der Waals surface area contributed by atoms with Crippen molar-refractivity contribution >= 4 is 17.6 Å². The van der Waals surface area contributed by atoms with Crippen LogP contribution in [0.5, 0.6) is 5.75 Å². The molecule has 2 aliphatic rings. The number of hydrogen-bond donors (Lipinski definition) is 2. The van der Waals surface area contributed by atoms with E-state index in [9.17, 15) is 0 Å². The summed E-state index contributed by atoms with van der Waals surface area (Å²) in [5.74, 6) is 2.26. The van der Waals surface area contributed by atoms with Gasteiger partial charge in [0.25, 0.3) is 0 Å². The molecule has 3 rings (SSSR count). The predicted octanol–water partition coefficient (Wildman–Crippen LogP) is 2.77. The Balaban J connectivity index is 1.36. The second-order valence-electron chi connectivity index (χ2n) is 7.76. The van der Waals surface area contributed by atoms with E-state index in [2.05, 4.69) is 20.5 Å². The number of piperidine rings is 1. The van der Waals surface area contributed by atoms with Crippen LogP contribution >= 0.6 is 11.6 Å². The van der Waals surface area contributed by atoms with E-state index < -0.39 is 0 Å². The molecule has 2 saturated heterocycles. The third-order valence-electron chi connectivity index (χ3n) is 5.41. The molecule has 2 aliphatic heterocycles. The van der Waals surface area contributed by atoms with Gasteiger partial charge in [-0.1, -0.05) is 23.7 Å². The molecule has 2 heterocycles. The molecule has 1 aromatic rings. The Kier molecular flexibility index (Phi) is 8.25. The Labute approximate surface area is 173 Å². The molecule has 0 aliphatic carbocycles. The van der Waals surface area contributed by atoms with Crippen molar-refractivity contribution in [2.75, 3.05) is 46.4 Å². The van der Waals surface area contributed by atoms with Crippen molar-refractivity contribution in [2.45, 2.75) is 38.3 Å². The Bertz CT molecular complexity index is 629. The lowest BCUT2D eigenvalue weighted by molar-refractivity contribution is 0.150. The molecule has 2 fully saturated rings. The zero-order valence-corrected chi connectivity index (χ0v) is 17.8. The van der Waals surface area contributed by atoms with Crippen molar-refractivity contribution < 1.29 is 9.47 Å². The molecule has 28 heavy (non-hydrogen) atoms. The summed E-state index contributed by atoms with van der Waals surface area (Å²) in [5, 5.41) is 7.56. The van der Waals surface area contributed by atoms with Gasteiger partial charge >= 0.3 is 0 Å². The highest BCUT2D eigenvalue weighted by Gasteiger charge is 2.24. The molecule has 7 heteroatoms. The summed E-state index contributed by atoms with van der Waals surface area (Å²) in [6.45, 7) is 8.00. The summed E-state index contributed by atoms with van der Waals surface area (Å²) >= 11 is 6.16. The monoisotopic (exact) mass is 408 g/mol. The summed E-state index contributed by atoms with van der Waals surface area (Å²) in [5.41, 5.74) is 0. The maximum Gasteiger partial charge on any atom is 0.191 e. The van der Waals surface area contributed by atoms with E-state index >= 15 is 0 Å². The van der Waals surface area contributed by atoms with Gasteiger partial charge in [-0.2, -0.15) is 0 Å². The highest BCUT2D eigenvalue weighted by molar-refractivity contribution is 6.32. The van der Waals surface area contributed by atoms with Crippen LogP contribution in [0.4, 0.5) is 0 Å². The SMILES string of the molecule is CN=C(NCC(C)Oc1ccccc1Cl)NC1CCN(CC2CCOC2)CC1. The number of ether oxygens (including phenoxy) is 2. The van der Waals surface area contributed by atoms with Gasteiger partial charge in [0, 0.05) is 39.3 Å². The summed E-state index contributed by atoms with van der Waals surface area (Å²) in [4.78, 5) is 6.94. The summed E-state index contributed by atoms with van der Waals surface area (Å²) in [6.07, 6.45) is 3.47. The lowest BCUT2D eigenvalue weighted by Gasteiger charge is -2.34. The van der Waals surface area contributed by atoms with Gasteiger partial charge in [-0.3, -0.25) is 4.99 Å². The van der Waals surface area contributed by atoms with Crippen molar-refractivity contribution in [1.29, 1.82) is 0 Å². The number of rotatable bonds is 7. The number of guanidine groups is 1. The third kappa shape index (κ3) is 6.54. The van der Waals surface area contributed by atoms with Crippen LogP contribution in [0.2, 0.25) is 5.02 Å². The van der Waals surface area contributed by atoms with E-state index in [0.29, 0.717) is 23.4 Å². The number of nitrogens with one attached hydrogen (secondary N) is 2. The van der Waals surface area contributed by atoms with Crippen LogP contribution < -0.4 is 15.4 Å². The topological polar surface area (TPSA) is 58.1 Å². The molecule has 156 valence electrons. The van der Waals surface area contributed by atoms with Crippen LogP contribution in [0, 0.1) is 5.92 Å². The van der Waals surface area contributed by atoms with Gasteiger partial charge in [0.05, 0.1) is 18.2 Å². The van der Waals surface area contributed by atoms with E-state index in [1.165, 1.54) is 13.0 Å². The average molecular weight is 409 g/mol. The zero-order valence-electron chi connectivity index (χ0n) is 17.0. The Hall–Kier alpha value is -1.50. The van der Waals surface area contributed by atoms with Gasteiger partial charge in [0.1, 0.15) is 11.9 Å². The summed E-state index contributed by atoms with van der Waals surface area (Å²) in [7, 11) is 1.81. The van der Waals surface area contributed by atoms with Crippen LogP contribution in [0.3, 0.4) is 0 Å². The number of halogens is 1. The molecule has 2 N–H and O–H groups in total. The lowest BCUT2D eigenvalue weighted by atomic mass is 10.0. The van der Waals surface area contributed by atoms with Crippen molar-refractivity contribution in [3.8, 4) is 5.75 Å². The highest BCUT2D eigenvalue weighted by atomic mass is 35.5. The first-order valence-corrected chi connectivity index (χ1v) is 10.7. The molecule has 1 aromatic carbocycles. The summed E-state index contributed by atoms with van der Waals surface area (Å²) in [6, 6.07) is 8.01. The first kappa shape index (κ1) is 21.2. The van der Waals surface area contributed by atoms with Crippen LogP contribution in [0.1, 0.15) is 26.2 Å². The van der Waals surface area contributed by atoms with Crippen LogP contribution in [0.25, 0.3) is 0 Å². The number of para-hydroxylation sites is 1. The number of aliphatic imine (C=N–C) groups is 1. The van der Waals surface area contributed by atoms with E-state index in [-0.39, 0.29) is 6.10 Å². The number of benzene rings is 1. The van der Waals surface area contributed by atoms with Gasteiger partial charge in [0.15, 0.2) is 5.96 Å². The van der Waals surface area contributed by atoms with Gasteiger partial charge in [-0.05, 0) is 44.2 Å². The summed E-state index contributed by atoms with van der Waals surface area (Å²) < 4.78 is 11.4. The average Bonchev–Trinajstić information content (AvgIpc) is 3.21. The predicted molar refractivity (Wildman–Crippen MR) is 114 cm³/mol. The smallest absolute Gasteiger partial charge is 0.191 e. The largest absolute Gasteiger partial charge is 0.487 e. The lowest BCUT2D eigenvalue weighted by Crippen LogP contribution is -2.50. The van der Waals surface area contributed by atoms with Crippen molar-refractivity contribution in [3.63, 3.8) is 0 Å². The van der Waals surface area contributed by atoms with Gasteiger partial charge < -0.3 is 25.0 Å². The maximum absolute atomic E-state index is 6.16. The highest BCUT2D eigenvalue weighted by Crippen LogP contribution is 2.24. The Morgan fingerprint density at radius 2 is 2.11 bits per heavy atom. The fraction of sp³-hybridized carbons (Fsp3) is 0.667. The first-order valence-electron chi connectivity index (χ1n) is 10.3. The van der Waals surface area contributed by atoms with E-state index in [0.717, 1.165) is 51.0 Å². The molecule has 0 bridgehead atoms. The molecule has 2 unspecified atom stereocenters. The minimum absolute atomic E-state index is 0.0195. The first-order chi connectivity index (χ1) is 13.6. The minimum Gasteiger partial charge on any atom is -0.487 e. The fourth-order valence-corrected chi connectivity index (χ4v) is 3.96. The molecule has 0 amide bonds. The Morgan fingerprint density at radius 3 is 2.79 bits per heavy atom. The molecular weight excluding hydrogens is 376 g/mol. The number of likely N-dealkylation sites (tertiary alicyclic amines) is 1. The van der Waals surface area contributed by atoms with E-state index in [4.69, 9.17) is 21.1 Å². The van der Waals surface area contributed by atoms with E-state index in [1.54, 1.807) is 0 Å². The molecule has 2 atom stereocenters. The van der Waals surface area contributed by atoms with E-state index in [1.807, 2.05) is 38.2 Å². The van der Waals surface area contributed by atoms with Gasteiger partial charge in [-0.15, -0.1) is 0 Å². The quantitative estimate of drug-likeness (QED) is 0.536. The second kappa shape index (κ2) is 10.9. The van der Waals surface area contributed by atoms with Crippen molar-refractivity contribution in [1.82, 2.24) is 15.5 Å². The normalized spacial score (nSPS) is 22.8. The molecule has 0 aromatic heterocycles. The number of hydrogen-bond acceptors (Lipinski definition) is 4. The van der Waals surface area contributed by atoms with Crippen molar-refractivity contribution in [3.05, 3.63) is 29.3 Å². The zero-order chi connectivity index (χ0) is 19.8. The van der Waals surface area contributed by atoms with Crippen molar-refractivity contribution in [2.24, 2.45) is 10.9 Å². The van der Waals surface area contributed by atoms with Crippen LogP contribution in [-0.4, -0.2) is 69.4 Å². The number of nitrogens with zero attached hydrogens (tertiary/aromatic N) is 2. The minimum atomic E-state index is -0.0195. The second-order valence-corrected chi connectivity index (χ2v) is 8.17. The maximum atomic E-state index is 6.16. The molecule has 6 nitrogen and oxygen atoms in total. The molecule has 0 radical (unpaired) electrons. The standard InChI is InChI=1S/C21H33ClN4O2/c1-16(28-20-6-4-3-5-19(20)22)13-24-21(23-2)25-18-7-10-26(11-8-18)14-17-9-12-27-15-17/h3-6,16-18H,7-15H2,1-2H3,(H2,23,24,25). The third-order valence-corrected chi connectivity index (χ3v) is 5.73. The molecule has 0 saturated carbocycles. The van der Waals surface area contributed by atoms with Crippen LogP contribution in [0.15, 0.2) is 29.3 Å². The van der Waals surface area contributed by atoms with Gasteiger partial charge in [0.2, 0.25) is 0 Å². The molecule has 0 spiro atoms. The fourth-order valence-electron chi connectivity index (χ4n) is 3.78. The molecular formula is C21H33ClN4O2. The van der Waals surface area contributed by atoms with Gasteiger partial charge in [-0.25, -0.2) is 0 Å². The van der Waals surface area contributed by atoms with Crippen LogP contribution in [-0.2, 0) is 4.74 Å². The Morgan fingerprint density at radius 1 is 1.32 bits per heavy atom.